The lowest BCUT2D eigenvalue weighted by Gasteiger charge is -2.32. The Kier molecular flexibility index (Phi) is 6.81. The molecule has 2 heterocycles. The molecule has 8 nitrogen and oxygen atoms in total. The van der Waals surface area contributed by atoms with Gasteiger partial charge in [0.15, 0.2) is 0 Å². The Morgan fingerprint density at radius 3 is 2.50 bits per heavy atom. The fourth-order valence-corrected chi connectivity index (χ4v) is 3.33. The van der Waals surface area contributed by atoms with Gasteiger partial charge in [-0.15, -0.1) is 0 Å². The molecule has 3 rings (SSSR count). The van der Waals surface area contributed by atoms with Gasteiger partial charge in [0, 0.05) is 30.8 Å². The van der Waals surface area contributed by atoms with Gasteiger partial charge >= 0.3 is 6.09 Å². The number of benzene rings is 1. The molecule has 0 aliphatic carbocycles. The number of ether oxygens (including phenoxy) is 1. The summed E-state index contributed by atoms with van der Waals surface area (Å²) in [5.41, 5.74) is 0.710. The molecule has 2 amide bonds. The third-order valence-electron chi connectivity index (χ3n) is 5.08. The predicted molar refractivity (Wildman–Crippen MR) is 108 cm³/mol. The molecule has 0 bridgehead atoms. The van der Waals surface area contributed by atoms with Crippen LogP contribution < -0.4 is 10.9 Å². The quantitative estimate of drug-likeness (QED) is 0.808. The lowest BCUT2D eigenvalue weighted by molar-refractivity contribution is -0.125. The number of carbonyl (C=O) groups is 2. The predicted octanol–water partition coefficient (Wildman–Crippen LogP) is 2.35. The number of carbonyl (C=O) groups excluding carboxylic acids is 2. The lowest BCUT2D eigenvalue weighted by atomic mass is 10.0. The minimum absolute atomic E-state index is 0.0957. The molecule has 1 aliphatic rings. The van der Waals surface area contributed by atoms with Gasteiger partial charge in [0.2, 0.25) is 5.91 Å². The molecule has 1 aliphatic heterocycles. The van der Waals surface area contributed by atoms with Crippen molar-refractivity contribution < 1.29 is 18.7 Å². The van der Waals surface area contributed by atoms with Crippen molar-refractivity contribution in [1.82, 2.24) is 20.0 Å². The van der Waals surface area contributed by atoms with Crippen LogP contribution in [0.3, 0.4) is 0 Å². The number of rotatable bonds is 5. The van der Waals surface area contributed by atoms with E-state index >= 15 is 0 Å². The fourth-order valence-electron chi connectivity index (χ4n) is 3.33. The van der Waals surface area contributed by atoms with Gasteiger partial charge in [-0.2, -0.15) is 5.10 Å². The first-order valence-corrected chi connectivity index (χ1v) is 9.97. The van der Waals surface area contributed by atoms with E-state index in [0.29, 0.717) is 43.8 Å². The summed E-state index contributed by atoms with van der Waals surface area (Å²) < 4.78 is 19.3. The second-order valence-electron chi connectivity index (χ2n) is 7.15. The molecule has 0 saturated carbocycles. The maximum absolute atomic E-state index is 13.2. The van der Waals surface area contributed by atoms with Crippen LogP contribution >= 0.6 is 0 Å². The Morgan fingerprint density at radius 2 is 1.87 bits per heavy atom. The normalized spacial score (nSPS) is 15.5. The van der Waals surface area contributed by atoms with Gasteiger partial charge in [-0.05, 0) is 57.0 Å². The van der Waals surface area contributed by atoms with Gasteiger partial charge in [-0.1, -0.05) is 0 Å². The Balaban J connectivity index is 1.65. The van der Waals surface area contributed by atoms with E-state index in [2.05, 4.69) is 10.4 Å². The zero-order chi connectivity index (χ0) is 21.7. The number of hydrogen-bond donors (Lipinski definition) is 1. The molecule has 2 aromatic rings. The summed E-state index contributed by atoms with van der Waals surface area (Å²) in [5.74, 6) is -0.690. The smallest absolute Gasteiger partial charge is 0.409 e. The second kappa shape index (κ2) is 9.51. The number of piperidine rings is 1. The lowest BCUT2D eigenvalue weighted by Crippen LogP contribution is -2.48. The molecule has 1 atom stereocenters. The molecule has 1 saturated heterocycles. The van der Waals surface area contributed by atoms with E-state index in [9.17, 15) is 18.8 Å². The molecule has 1 fully saturated rings. The second-order valence-corrected chi connectivity index (χ2v) is 7.15. The summed E-state index contributed by atoms with van der Waals surface area (Å²) >= 11 is 0. The average molecular weight is 416 g/mol. The number of nitrogens with one attached hydrogen (secondary N) is 1. The van der Waals surface area contributed by atoms with Crippen molar-refractivity contribution in [2.24, 2.45) is 0 Å². The molecular formula is C21H25FN4O4. The van der Waals surface area contributed by atoms with Crippen molar-refractivity contribution in [3.05, 3.63) is 52.6 Å². The largest absolute Gasteiger partial charge is 0.450 e. The van der Waals surface area contributed by atoms with Crippen LogP contribution in [0.5, 0.6) is 0 Å². The standard InChI is InChI=1S/C21H25FN4O4/c1-3-30-21(29)25-12-10-17(11-13-25)23-20(28)14(2)26-19(27)9-8-18(24-26)15-4-6-16(22)7-5-15/h4-9,14,17H,3,10-13H2,1-2H3,(H,23,28). The van der Waals surface area contributed by atoms with Crippen LogP contribution in [0.4, 0.5) is 9.18 Å². The van der Waals surface area contributed by atoms with Crippen LogP contribution in [0.15, 0.2) is 41.2 Å². The summed E-state index contributed by atoms with van der Waals surface area (Å²) in [6.07, 6.45) is 0.869. The number of amides is 2. The van der Waals surface area contributed by atoms with Crippen LogP contribution in [0, 0.1) is 5.82 Å². The highest BCUT2D eigenvalue weighted by Gasteiger charge is 2.27. The molecule has 160 valence electrons. The number of halogens is 1. The van der Waals surface area contributed by atoms with Crippen LogP contribution in [-0.2, 0) is 9.53 Å². The van der Waals surface area contributed by atoms with Crippen molar-refractivity contribution >= 4 is 12.0 Å². The highest BCUT2D eigenvalue weighted by molar-refractivity contribution is 5.80. The first-order chi connectivity index (χ1) is 14.4. The molecule has 1 aromatic carbocycles. The molecule has 0 spiro atoms. The van der Waals surface area contributed by atoms with E-state index in [1.54, 1.807) is 36.9 Å². The SMILES string of the molecule is CCOC(=O)N1CCC(NC(=O)C(C)n2nc(-c3ccc(F)cc3)ccc2=O)CC1. The molecule has 1 N–H and O–H groups in total. The third-order valence-corrected chi connectivity index (χ3v) is 5.08. The summed E-state index contributed by atoms with van der Waals surface area (Å²) in [6, 6.07) is 7.72. The molecule has 9 heteroatoms. The minimum atomic E-state index is -0.819. The van der Waals surface area contributed by atoms with E-state index in [0.717, 1.165) is 4.68 Å². The Morgan fingerprint density at radius 1 is 1.20 bits per heavy atom. The van der Waals surface area contributed by atoms with Gasteiger partial charge in [0.1, 0.15) is 11.9 Å². The van der Waals surface area contributed by atoms with Gasteiger partial charge < -0.3 is 15.0 Å². The number of likely N-dealkylation sites (tertiary alicyclic amines) is 1. The van der Waals surface area contributed by atoms with Crippen molar-refractivity contribution in [2.75, 3.05) is 19.7 Å². The average Bonchev–Trinajstić information content (AvgIpc) is 2.75. The summed E-state index contributed by atoms with van der Waals surface area (Å²) in [4.78, 5) is 38.4. The number of aromatic nitrogens is 2. The Labute approximate surface area is 173 Å². The van der Waals surface area contributed by atoms with E-state index in [1.165, 1.54) is 18.2 Å². The first kappa shape index (κ1) is 21.5. The van der Waals surface area contributed by atoms with Gasteiger partial charge in [-0.25, -0.2) is 13.9 Å². The van der Waals surface area contributed by atoms with Crippen molar-refractivity contribution in [2.45, 2.75) is 38.8 Å². The van der Waals surface area contributed by atoms with E-state index in [-0.39, 0.29) is 23.9 Å². The van der Waals surface area contributed by atoms with Crippen LogP contribution in [-0.4, -0.2) is 52.4 Å². The van der Waals surface area contributed by atoms with Crippen molar-refractivity contribution in [3.8, 4) is 11.3 Å². The summed E-state index contributed by atoms with van der Waals surface area (Å²) in [6.45, 7) is 4.68. The fraction of sp³-hybridized carbons (Fsp3) is 0.429. The van der Waals surface area contributed by atoms with E-state index < -0.39 is 11.6 Å². The monoisotopic (exact) mass is 416 g/mol. The molecule has 30 heavy (non-hydrogen) atoms. The summed E-state index contributed by atoms with van der Waals surface area (Å²) in [7, 11) is 0. The number of nitrogens with zero attached hydrogens (tertiary/aromatic N) is 3. The minimum Gasteiger partial charge on any atom is -0.450 e. The summed E-state index contributed by atoms with van der Waals surface area (Å²) in [5, 5.41) is 7.23. The third kappa shape index (κ3) is 5.03. The molecule has 1 unspecified atom stereocenters. The highest BCUT2D eigenvalue weighted by atomic mass is 19.1. The Hall–Kier alpha value is -3.23. The first-order valence-electron chi connectivity index (χ1n) is 9.97. The van der Waals surface area contributed by atoms with Gasteiger partial charge in [-0.3, -0.25) is 9.59 Å². The Bertz CT molecular complexity index is 952. The van der Waals surface area contributed by atoms with Gasteiger partial charge in [0.05, 0.1) is 12.3 Å². The van der Waals surface area contributed by atoms with Crippen LogP contribution in [0.2, 0.25) is 0 Å². The number of hydrogen-bond acceptors (Lipinski definition) is 5. The zero-order valence-corrected chi connectivity index (χ0v) is 17.0. The van der Waals surface area contributed by atoms with E-state index in [4.69, 9.17) is 4.74 Å². The maximum Gasteiger partial charge on any atom is 0.409 e. The van der Waals surface area contributed by atoms with Crippen molar-refractivity contribution in [3.63, 3.8) is 0 Å². The maximum atomic E-state index is 13.2. The van der Waals surface area contributed by atoms with Gasteiger partial charge in [0.25, 0.3) is 5.56 Å². The molecular weight excluding hydrogens is 391 g/mol. The molecule has 1 aromatic heterocycles. The van der Waals surface area contributed by atoms with Crippen LogP contribution in [0.25, 0.3) is 11.3 Å². The molecule has 0 radical (unpaired) electrons. The topological polar surface area (TPSA) is 93.5 Å². The zero-order valence-electron chi connectivity index (χ0n) is 17.0. The highest BCUT2D eigenvalue weighted by Crippen LogP contribution is 2.17. The van der Waals surface area contributed by atoms with E-state index in [1.807, 2.05) is 0 Å². The van der Waals surface area contributed by atoms with Crippen molar-refractivity contribution in [1.29, 1.82) is 0 Å². The van der Waals surface area contributed by atoms with Crippen LogP contribution in [0.1, 0.15) is 32.7 Å².